The maximum Gasteiger partial charge on any atom is 0.213 e. The third-order valence-corrected chi connectivity index (χ3v) is 4.76. The van der Waals surface area contributed by atoms with Crippen molar-refractivity contribution >= 4 is 0 Å². The zero-order valence-corrected chi connectivity index (χ0v) is 12.9. The predicted octanol–water partition coefficient (Wildman–Crippen LogP) is 4.74. The Balaban J connectivity index is 1.87. The van der Waals surface area contributed by atoms with E-state index in [1.165, 1.54) is 28.0 Å². The van der Waals surface area contributed by atoms with Crippen LogP contribution in [0.3, 0.4) is 0 Å². The molecule has 1 fully saturated rings. The van der Waals surface area contributed by atoms with Gasteiger partial charge in [-0.25, -0.2) is 0 Å². The maximum atomic E-state index is 3.83. The van der Waals surface area contributed by atoms with Crippen molar-refractivity contribution in [1.82, 2.24) is 0 Å². The van der Waals surface area contributed by atoms with Crippen LogP contribution in [0.4, 0.5) is 0 Å². The molecule has 0 bridgehead atoms. The standard InChI is InChI=1S/C21H20N/c1-3-9-15(4-2)14-18-20-17-11-6-5-10-16(17)19-12-7-8-13-22(19)21(18)20/h3,5-14,20-21H,1,4H2,2H3/q+1/b15-9+,18-14-. The zero-order chi connectivity index (χ0) is 15.1. The van der Waals surface area contributed by atoms with Gasteiger partial charge in [0, 0.05) is 17.7 Å². The summed E-state index contributed by atoms with van der Waals surface area (Å²) in [6.45, 7) is 6.03. The molecule has 0 spiro atoms. The van der Waals surface area contributed by atoms with Gasteiger partial charge in [-0.3, -0.25) is 0 Å². The molecule has 1 saturated carbocycles. The Hall–Kier alpha value is -2.41. The van der Waals surface area contributed by atoms with Crippen LogP contribution in [0.25, 0.3) is 11.3 Å². The summed E-state index contributed by atoms with van der Waals surface area (Å²) in [7, 11) is 0. The molecule has 2 aliphatic rings. The molecule has 1 nitrogen and oxygen atoms in total. The molecule has 0 N–H and O–H groups in total. The smallest absolute Gasteiger partial charge is 0.191 e. The van der Waals surface area contributed by atoms with Crippen molar-refractivity contribution in [3.63, 3.8) is 0 Å². The molecule has 2 aromatic rings. The summed E-state index contributed by atoms with van der Waals surface area (Å²) in [5, 5.41) is 0. The summed E-state index contributed by atoms with van der Waals surface area (Å²) in [6, 6.07) is 15.8. The molecule has 0 saturated heterocycles. The van der Waals surface area contributed by atoms with Crippen molar-refractivity contribution in [2.24, 2.45) is 0 Å². The van der Waals surface area contributed by atoms with Crippen LogP contribution in [-0.4, -0.2) is 0 Å². The first kappa shape index (κ1) is 13.3. The lowest BCUT2D eigenvalue weighted by Gasteiger charge is -2.12. The number of fused-ring (bicyclic) bond motifs is 6. The van der Waals surface area contributed by atoms with Crippen molar-refractivity contribution < 1.29 is 4.57 Å². The van der Waals surface area contributed by atoms with Gasteiger partial charge < -0.3 is 0 Å². The Morgan fingerprint density at radius 2 is 2.00 bits per heavy atom. The Bertz CT molecular complexity index is 757. The molecule has 0 radical (unpaired) electrons. The summed E-state index contributed by atoms with van der Waals surface area (Å²) in [5.74, 6) is 0.538. The van der Waals surface area contributed by atoms with Crippen LogP contribution in [0.1, 0.15) is 30.9 Å². The average Bonchev–Trinajstić information content (AvgIpc) is 3.29. The quantitative estimate of drug-likeness (QED) is 0.566. The topological polar surface area (TPSA) is 3.88 Å². The highest BCUT2D eigenvalue weighted by molar-refractivity contribution is 5.69. The molecule has 2 heterocycles. The lowest BCUT2D eigenvalue weighted by molar-refractivity contribution is -0.688. The Labute approximate surface area is 131 Å². The summed E-state index contributed by atoms with van der Waals surface area (Å²) >= 11 is 0. The second kappa shape index (κ2) is 5.10. The third kappa shape index (κ3) is 1.89. The van der Waals surface area contributed by atoms with E-state index in [4.69, 9.17) is 0 Å². The molecule has 2 atom stereocenters. The van der Waals surface area contributed by atoms with Crippen molar-refractivity contribution in [2.75, 3.05) is 0 Å². The van der Waals surface area contributed by atoms with Gasteiger partial charge in [-0.2, -0.15) is 4.57 Å². The number of hydrogen-bond acceptors (Lipinski definition) is 0. The first-order valence-electron chi connectivity index (χ1n) is 7.97. The fourth-order valence-electron chi connectivity index (χ4n) is 3.68. The van der Waals surface area contributed by atoms with Gasteiger partial charge in [-0.15, -0.1) is 0 Å². The van der Waals surface area contributed by atoms with Crippen molar-refractivity contribution in [1.29, 1.82) is 0 Å². The van der Waals surface area contributed by atoms with E-state index >= 15 is 0 Å². The second-order valence-electron chi connectivity index (χ2n) is 5.98. The van der Waals surface area contributed by atoms with E-state index in [-0.39, 0.29) is 0 Å². The first-order valence-corrected chi connectivity index (χ1v) is 7.97. The minimum absolute atomic E-state index is 0.492. The van der Waals surface area contributed by atoms with Crippen LogP contribution in [0, 0.1) is 0 Å². The fraction of sp³-hybridized carbons (Fsp3) is 0.190. The highest BCUT2D eigenvalue weighted by Crippen LogP contribution is 2.59. The van der Waals surface area contributed by atoms with Crippen LogP contribution in [0.5, 0.6) is 0 Å². The maximum absolute atomic E-state index is 3.83. The van der Waals surface area contributed by atoms with Gasteiger partial charge in [0.2, 0.25) is 5.69 Å². The summed E-state index contributed by atoms with van der Waals surface area (Å²) < 4.78 is 2.43. The van der Waals surface area contributed by atoms with Crippen molar-refractivity contribution in [2.45, 2.75) is 25.3 Å². The van der Waals surface area contributed by atoms with Crippen LogP contribution in [-0.2, 0) is 0 Å². The van der Waals surface area contributed by atoms with E-state index in [1.807, 2.05) is 6.08 Å². The van der Waals surface area contributed by atoms with Gasteiger partial charge in [0.15, 0.2) is 12.2 Å². The van der Waals surface area contributed by atoms with Crippen LogP contribution in [0.2, 0.25) is 0 Å². The van der Waals surface area contributed by atoms with Gasteiger partial charge in [0.25, 0.3) is 0 Å². The SMILES string of the molecule is C=C/C=C(/C=C1/C2c3ccccc3-c3cccc[n+]3C12)CC. The molecular formula is C21H20N+. The van der Waals surface area contributed by atoms with Gasteiger partial charge >= 0.3 is 0 Å². The number of aromatic nitrogens is 1. The van der Waals surface area contributed by atoms with Gasteiger partial charge in [0.05, 0.1) is 11.5 Å². The second-order valence-corrected chi connectivity index (χ2v) is 5.98. The van der Waals surface area contributed by atoms with Crippen LogP contribution in [0.15, 0.2) is 84.6 Å². The lowest BCUT2D eigenvalue weighted by Crippen LogP contribution is -2.37. The molecule has 22 heavy (non-hydrogen) atoms. The minimum Gasteiger partial charge on any atom is -0.191 e. The van der Waals surface area contributed by atoms with Crippen molar-refractivity contribution in [3.05, 3.63) is 90.2 Å². The minimum atomic E-state index is 0.492. The monoisotopic (exact) mass is 286 g/mol. The van der Waals surface area contributed by atoms with E-state index in [0.717, 1.165) is 6.42 Å². The molecular weight excluding hydrogens is 266 g/mol. The molecule has 108 valence electrons. The van der Waals surface area contributed by atoms with E-state index in [0.29, 0.717) is 12.0 Å². The predicted molar refractivity (Wildman–Crippen MR) is 90.5 cm³/mol. The lowest BCUT2D eigenvalue weighted by atomic mass is 9.96. The fourth-order valence-corrected chi connectivity index (χ4v) is 3.68. The number of hydrogen-bond donors (Lipinski definition) is 0. The first-order chi connectivity index (χ1) is 10.8. The summed E-state index contributed by atoms with van der Waals surface area (Å²) in [4.78, 5) is 0. The van der Waals surface area contributed by atoms with Crippen LogP contribution < -0.4 is 4.57 Å². The molecule has 0 amide bonds. The van der Waals surface area contributed by atoms with Crippen LogP contribution >= 0.6 is 0 Å². The molecule has 1 aromatic carbocycles. The molecule has 1 heteroatoms. The Kier molecular flexibility index (Phi) is 3.07. The number of rotatable bonds is 3. The highest BCUT2D eigenvalue weighted by Gasteiger charge is 2.57. The molecule has 1 aliphatic carbocycles. The number of nitrogens with zero attached hydrogens (tertiary/aromatic N) is 1. The Morgan fingerprint density at radius 3 is 2.82 bits per heavy atom. The van der Waals surface area contributed by atoms with E-state index in [1.54, 1.807) is 0 Å². The normalized spacial score (nSPS) is 23.5. The van der Waals surface area contributed by atoms with E-state index in [9.17, 15) is 0 Å². The molecule has 1 aromatic heterocycles. The summed E-state index contributed by atoms with van der Waals surface area (Å²) in [5.41, 5.74) is 7.05. The number of allylic oxidation sites excluding steroid dienone is 5. The Morgan fingerprint density at radius 1 is 1.18 bits per heavy atom. The van der Waals surface area contributed by atoms with Crippen molar-refractivity contribution in [3.8, 4) is 11.3 Å². The van der Waals surface area contributed by atoms with Gasteiger partial charge in [0.1, 0.15) is 0 Å². The van der Waals surface area contributed by atoms with Gasteiger partial charge in [-0.1, -0.05) is 49.9 Å². The summed E-state index contributed by atoms with van der Waals surface area (Å²) in [6.07, 6.45) is 9.65. The highest BCUT2D eigenvalue weighted by atomic mass is 15.1. The largest absolute Gasteiger partial charge is 0.213 e. The molecule has 4 rings (SSSR count). The van der Waals surface area contributed by atoms with E-state index < -0.39 is 0 Å². The third-order valence-electron chi connectivity index (χ3n) is 4.76. The van der Waals surface area contributed by atoms with Gasteiger partial charge in [-0.05, 0) is 29.7 Å². The molecule has 2 unspecified atom stereocenters. The zero-order valence-electron chi connectivity index (χ0n) is 12.9. The number of benzene rings is 1. The molecule has 1 aliphatic heterocycles. The number of pyridine rings is 1. The van der Waals surface area contributed by atoms with E-state index in [2.05, 4.69) is 78.9 Å². The average molecular weight is 286 g/mol.